The molecule has 0 spiro atoms. The van der Waals surface area contributed by atoms with E-state index >= 15 is 0 Å². The van der Waals surface area contributed by atoms with Crippen molar-refractivity contribution in [1.82, 2.24) is 9.47 Å². The number of fused-ring (bicyclic) bond motifs is 15. The summed E-state index contributed by atoms with van der Waals surface area (Å²) in [5.41, 5.74) is 9.07. The van der Waals surface area contributed by atoms with Gasteiger partial charge in [0.15, 0.2) is 11.3 Å². The van der Waals surface area contributed by atoms with Gasteiger partial charge in [-0.1, -0.05) is 146 Å². The highest BCUT2D eigenvalue weighted by Gasteiger charge is 2.41. The van der Waals surface area contributed by atoms with Crippen LogP contribution in [0.5, 0.6) is 5.75 Å². The molecule has 0 bridgehead atoms. The van der Waals surface area contributed by atoms with Crippen LogP contribution in [0, 0.1) is 0 Å². The number of para-hydroxylation sites is 2. The van der Waals surface area contributed by atoms with Crippen LogP contribution in [-0.4, -0.2) is 22.5 Å². The van der Waals surface area contributed by atoms with Gasteiger partial charge < -0.3 is 14.1 Å². The maximum Gasteiger partial charge on any atom is 0.212 e. The molecule has 1 atom stereocenters. The van der Waals surface area contributed by atoms with Gasteiger partial charge in [-0.15, -0.1) is 0 Å². The molecule has 8 aromatic carbocycles. The third-order valence-electron chi connectivity index (χ3n) is 11.4. The molecule has 10 aromatic rings. The number of hydrogen-bond acceptors (Lipinski definition) is 4. The van der Waals surface area contributed by atoms with Crippen molar-refractivity contribution in [1.29, 1.82) is 0 Å². The van der Waals surface area contributed by atoms with Crippen molar-refractivity contribution in [3.63, 3.8) is 0 Å². The maximum absolute atomic E-state index is 6.96. The Morgan fingerprint density at radius 3 is 2.02 bits per heavy atom. The lowest BCUT2D eigenvalue weighted by atomic mass is 9.97. The predicted molar refractivity (Wildman–Crippen MR) is 221 cm³/mol. The molecule has 254 valence electrons. The van der Waals surface area contributed by atoms with Gasteiger partial charge in [0.05, 0.1) is 5.52 Å². The lowest BCUT2D eigenvalue weighted by molar-refractivity contribution is 0.334. The minimum absolute atomic E-state index is 0.183. The minimum Gasteiger partial charge on any atom is -0.456 e. The standard InChI is InChI=1S/C49H31N3O2/c1-51-45-37-20-10-12-22-40(37)54-48(45)44(32-25-23-30(24-26-32)29-13-3-2-4-14-29)50-49(51)52-38-28-27-31-15-5-6-16-33(31)42(38)43-35-18-8-7-17-34(35)41-36-19-9-11-21-39(36)53-47(41)46(43)52/h2-28,45H,1H3. The molecule has 2 aliphatic rings. The van der Waals surface area contributed by atoms with E-state index in [2.05, 4.69) is 162 Å². The first-order chi connectivity index (χ1) is 26.7. The topological polar surface area (TPSA) is 42.9 Å². The van der Waals surface area contributed by atoms with Crippen LogP contribution in [0.25, 0.3) is 82.1 Å². The van der Waals surface area contributed by atoms with E-state index < -0.39 is 0 Å². The van der Waals surface area contributed by atoms with Gasteiger partial charge in [0, 0.05) is 39.7 Å². The van der Waals surface area contributed by atoms with E-state index in [1.54, 1.807) is 0 Å². The molecule has 0 N–H and O–H groups in total. The normalized spacial score (nSPS) is 15.5. The van der Waals surface area contributed by atoms with Crippen LogP contribution in [0.4, 0.5) is 0 Å². The molecular formula is C49H31N3O2. The van der Waals surface area contributed by atoms with Gasteiger partial charge in [-0.05, 0) is 50.9 Å². The number of likely N-dealkylation sites (N-methyl/N-ethyl adjacent to an activating group) is 1. The molecule has 2 aliphatic heterocycles. The summed E-state index contributed by atoms with van der Waals surface area (Å²) >= 11 is 0. The van der Waals surface area contributed by atoms with Crippen LogP contribution < -0.4 is 4.74 Å². The fourth-order valence-corrected chi connectivity index (χ4v) is 9.04. The zero-order chi connectivity index (χ0) is 35.5. The molecule has 0 radical (unpaired) electrons. The van der Waals surface area contributed by atoms with E-state index in [1.165, 1.54) is 32.5 Å². The van der Waals surface area contributed by atoms with Gasteiger partial charge in [0.25, 0.3) is 0 Å². The SMILES string of the molecule is CN1C(n2c3ccc4ccccc4c3c3c4ccccc4c4c5ccccc5oc4c32)=NC(c2ccc(-c3ccccc3)cc2)=C2Oc3ccccc3C21. The highest BCUT2D eigenvalue weighted by Crippen LogP contribution is 2.51. The van der Waals surface area contributed by atoms with Crippen LogP contribution >= 0.6 is 0 Å². The number of furan rings is 1. The monoisotopic (exact) mass is 693 g/mol. The first-order valence-electron chi connectivity index (χ1n) is 18.4. The first-order valence-corrected chi connectivity index (χ1v) is 18.4. The third-order valence-corrected chi connectivity index (χ3v) is 11.4. The highest BCUT2D eigenvalue weighted by atomic mass is 16.5. The number of benzene rings is 8. The van der Waals surface area contributed by atoms with Crippen molar-refractivity contribution >= 4 is 76.9 Å². The summed E-state index contributed by atoms with van der Waals surface area (Å²) in [6.45, 7) is 0. The van der Waals surface area contributed by atoms with E-state index in [0.29, 0.717) is 0 Å². The Hall–Kier alpha value is -7.11. The number of rotatable bonds is 2. The van der Waals surface area contributed by atoms with Crippen molar-refractivity contribution in [3.8, 4) is 16.9 Å². The summed E-state index contributed by atoms with van der Waals surface area (Å²) < 4.78 is 16.0. The Balaban J connectivity index is 1.22. The Morgan fingerprint density at radius 1 is 0.537 bits per heavy atom. The summed E-state index contributed by atoms with van der Waals surface area (Å²) in [6.07, 6.45) is 0. The van der Waals surface area contributed by atoms with Crippen molar-refractivity contribution < 1.29 is 9.15 Å². The molecule has 0 saturated heterocycles. The highest BCUT2D eigenvalue weighted by molar-refractivity contribution is 6.39. The smallest absolute Gasteiger partial charge is 0.212 e. The lowest BCUT2D eigenvalue weighted by Crippen LogP contribution is -2.38. The van der Waals surface area contributed by atoms with E-state index in [9.17, 15) is 0 Å². The Kier molecular flexibility index (Phi) is 5.98. The molecule has 12 rings (SSSR count). The summed E-state index contributed by atoms with van der Waals surface area (Å²) in [5, 5.41) is 9.31. The van der Waals surface area contributed by atoms with Gasteiger partial charge in [-0.25, -0.2) is 4.99 Å². The Morgan fingerprint density at radius 2 is 1.19 bits per heavy atom. The van der Waals surface area contributed by atoms with Crippen molar-refractivity contribution in [2.75, 3.05) is 7.05 Å². The largest absolute Gasteiger partial charge is 0.456 e. The molecule has 4 heterocycles. The fourth-order valence-electron chi connectivity index (χ4n) is 9.04. The number of nitrogens with zero attached hydrogens (tertiary/aromatic N) is 3. The van der Waals surface area contributed by atoms with Gasteiger partial charge in [-0.3, -0.25) is 4.57 Å². The molecule has 54 heavy (non-hydrogen) atoms. The summed E-state index contributed by atoms with van der Waals surface area (Å²) in [4.78, 5) is 7.92. The molecule has 5 nitrogen and oxygen atoms in total. The summed E-state index contributed by atoms with van der Waals surface area (Å²) in [7, 11) is 2.14. The molecule has 0 fully saturated rings. The first kappa shape index (κ1) is 29.5. The van der Waals surface area contributed by atoms with Gasteiger partial charge >= 0.3 is 0 Å². The van der Waals surface area contributed by atoms with Crippen molar-refractivity contribution in [2.45, 2.75) is 6.04 Å². The quantitative estimate of drug-likeness (QED) is 0.181. The van der Waals surface area contributed by atoms with Crippen LogP contribution in [0.15, 0.2) is 179 Å². The fraction of sp³-hybridized carbons (Fsp3) is 0.0408. The van der Waals surface area contributed by atoms with E-state index in [-0.39, 0.29) is 6.04 Å². The van der Waals surface area contributed by atoms with Crippen LogP contribution in [0.2, 0.25) is 0 Å². The zero-order valence-corrected chi connectivity index (χ0v) is 29.3. The van der Waals surface area contributed by atoms with Crippen LogP contribution in [0.3, 0.4) is 0 Å². The second-order valence-corrected chi connectivity index (χ2v) is 14.3. The van der Waals surface area contributed by atoms with Crippen molar-refractivity contribution in [2.24, 2.45) is 4.99 Å². The summed E-state index contributed by atoms with van der Waals surface area (Å²) in [6, 6.07) is 57.7. The minimum atomic E-state index is -0.183. The predicted octanol–water partition coefficient (Wildman–Crippen LogP) is 12.3. The number of aliphatic imine (C=N–C) groups is 1. The lowest BCUT2D eigenvalue weighted by Gasteiger charge is -2.33. The van der Waals surface area contributed by atoms with Crippen molar-refractivity contribution in [3.05, 3.63) is 181 Å². The average Bonchev–Trinajstić information content (AvgIpc) is 3.92. The molecule has 0 aliphatic carbocycles. The third kappa shape index (κ3) is 3.95. The maximum atomic E-state index is 6.96. The molecule has 2 aromatic heterocycles. The van der Waals surface area contributed by atoms with Crippen LogP contribution in [-0.2, 0) is 0 Å². The molecular weight excluding hydrogens is 663 g/mol. The second-order valence-electron chi connectivity index (χ2n) is 14.3. The Labute approximate surface area is 310 Å². The number of ether oxygens (including phenoxy) is 1. The van der Waals surface area contributed by atoms with E-state index in [4.69, 9.17) is 14.1 Å². The molecule has 0 saturated carbocycles. The van der Waals surface area contributed by atoms with E-state index in [0.717, 1.165) is 78.2 Å². The molecule has 1 unspecified atom stereocenters. The molecule has 5 heteroatoms. The van der Waals surface area contributed by atoms with Gasteiger partial charge in [0.1, 0.15) is 28.6 Å². The summed E-state index contributed by atoms with van der Waals surface area (Å²) in [5.74, 6) is 2.50. The van der Waals surface area contributed by atoms with E-state index in [1.807, 2.05) is 18.2 Å². The zero-order valence-electron chi connectivity index (χ0n) is 29.3. The van der Waals surface area contributed by atoms with Crippen LogP contribution in [0.1, 0.15) is 17.2 Å². The molecule has 0 amide bonds. The van der Waals surface area contributed by atoms with Gasteiger partial charge in [0.2, 0.25) is 5.96 Å². The Bertz CT molecular complexity index is 3260. The number of hydrogen-bond donors (Lipinski definition) is 0. The average molecular weight is 694 g/mol. The second kappa shape index (κ2) is 11.0. The number of aromatic nitrogens is 1. The van der Waals surface area contributed by atoms with Gasteiger partial charge in [-0.2, -0.15) is 0 Å².